The molecule has 0 aromatic rings. The second-order valence-corrected chi connectivity index (χ2v) is 3.19. The van der Waals surface area contributed by atoms with Gasteiger partial charge in [-0.3, -0.25) is 0 Å². The summed E-state index contributed by atoms with van der Waals surface area (Å²) in [6.07, 6.45) is -1.82. The number of nitrogens with two attached hydrogens (primary N) is 1. The summed E-state index contributed by atoms with van der Waals surface area (Å²) in [6.45, 7) is 0. The van der Waals surface area contributed by atoms with Crippen molar-refractivity contribution >= 4 is 13.8 Å². The fraction of sp³-hybridized carbons (Fsp3) is 0.667. The van der Waals surface area contributed by atoms with Gasteiger partial charge >= 0.3 is 13.8 Å². The Bertz CT molecular complexity index is 168. The van der Waals surface area contributed by atoms with Crippen LogP contribution in [0.4, 0.5) is 4.79 Å². The third-order valence-corrected chi connectivity index (χ3v) is 1.51. The van der Waals surface area contributed by atoms with E-state index in [-0.39, 0.29) is 0 Å². The number of rotatable bonds is 2. The minimum absolute atomic E-state index is 0.609. The molecule has 0 aliphatic rings. The van der Waals surface area contributed by atoms with E-state index in [4.69, 9.17) is 10.6 Å². The fourth-order valence-corrected chi connectivity index (χ4v) is 0.573. The molecule has 1 unspecified atom stereocenters. The van der Waals surface area contributed by atoms with Crippen LogP contribution in [0.15, 0.2) is 0 Å². The smallest absolute Gasteiger partial charge is 0.437 e. The lowest BCUT2D eigenvalue weighted by Crippen LogP contribution is -2.08. The largest absolute Gasteiger partial charge is 0.514 e. The van der Waals surface area contributed by atoms with Crippen molar-refractivity contribution in [2.24, 2.45) is 5.73 Å². The molecule has 0 rings (SSSR count). The highest BCUT2D eigenvalue weighted by Gasteiger charge is 2.21. The monoisotopic (exact) mass is 169 g/mol. The molecule has 0 spiro atoms. The Morgan fingerprint density at radius 2 is 2.30 bits per heavy atom. The van der Waals surface area contributed by atoms with Crippen molar-refractivity contribution in [2.75, 3.05) is 13.4 Å². The lowest BCUT2D eigenvalue weighted by Gasteiger charge is -2.06. The van der Waals surface area contributed by atoms with Crippen molar-refractivity contribution in [1.82, 2.24) is 0 Å². The molecule has 7 heteroatoms. The zero-order valence-electron chi connectivity index (χ0n) is 5.31. The van der Waals surface area contributed by atoms with Crippen LogP contribution in [0.25, 0.3) is 0 Å². The van der Waals surface area contributed by atoms with Gasteiger partial charge in [0.1, 0.15) is 6.29 Å². The fourth-order valence-electron chi connectivity index (χ4n) is 0.191. The molecule has 0 aliphatic heterocycles. The zero-order valence-corrected chi connectivity index (χ0v) is 6.21. The van der Waals surface area contributed by atoms with Crippen LogP contribution in [0.2, 0.25) is 0 Å². The summed E-state index contributed by atoms with van der Waals surface area (Å²) in [5.74, 6) is 0. The standard InChI is InChI=1S/C3H8NO5P/c1-8-3(5)9-10(6,7)2-4/h2,4H2,1H3,(H,6,7). The molecule has 0 saturated heterocycles. The third kappa shape index (κ3) is 3.45. The summed E-state index contributed by atoms with van der Waals surface area (Å²) in [5, 5.41) is 0. The highest BCUT2D eigenvalue weighted by molar-refractivity contribution is 7.53. The molecule has 1 atom stereocenters. The number of hydrogen-bond acceptors (Lipinski definition) is 5. The van der Waals surface area contributed by atoms with E-state index in [2.05, 4.69) is 9.26 Å². The maximum Gasteiger partial charge on any atom is 0.514 e. The lowest BCUT2D eigenvalue weighted by molar-refractivity contribution is 0.116. The van der Waals surface area contributed by atoms with Crippen LogP contribution in [-0.2, 0) is 13.8 Å². The molecule has 6 nitrogen and oxygen atoms in total. The van der Waals surface area contributed by atoms with E-state index in [1.54, 1.807) is 0 Å². The average Bonchev–Trinajstić information content (AvgIpc) is 1.87. The first-order valence-corrected chi connectivity index (χ1v) is 4.07. The molecule has 0 aromatic heterocycles. The first-order chi connectivity index (χ1) is 4.52. The summed E-state index contributed by atoms with van der Waals surface area (Å²) >= 11 is 0. The second-order valence-electron chi connectivity index (χ2n) is 1.37. The number of carbonyl (C=O) groups excluding carboxylic acids is 1. The van der Waals surface area contributed by atoms with Crippen LogP contribution < -0.4 is 5.73 Å². The molecule has 0 heterocycles. The van der Waals surface area contributed by atoms with Crippen molar-refractivity contribution in [2.45, 2.75) is 0 Å². The summed E-state index contributed by atoms with van der Waals surface area (Å²) in [4.78, 5) is 18.7. The van der Waals surface area contributed by atoms with Crippen LogP contribution in [0.3, 0.4) is 0 Å². The van der Waals surface area contributed by atoms with Crippen LogP contribution in [0.1, 0.15) is 0 Å². The Morgan fingerprint density at radius 3 is 2.60 bits per heavy atom. The number of carbonyl (C=O) groups is 1. The molecule has 0 amide bonds. The quantitative estimate of drug-likeness (QED) is 0.441. The highest BCUT2D eigenvalue weighted by atomic mass is 31.2. The van der Waals surface area contributed by atoms with Crippen molar-refractivity contribution in [3.8, 4) is 0 Å². The van der Waals surface area contributed by atoms with Crippen molar-refractivity contribution in [3.63, 3.8) is 0 Å². The minimum atomic E-state index is -3.94. The SMILES string of the molecule is COC(=O)OP(=O)(O)CN. The highest BCUT2D eigenvalue weighted by Crippen LogP contribution is 2.39. The summed E-state index contributed by atoms with van der Waals surface area (Å²) < 4.78 is 18.3. The molecule has 0 bridgehead atoms. The van der Waals surface area contributed by atoms with Gasteiger partial charge in [-0.1, -0.05) is 0 Å². The molecule has 0 fully saturated rings. The average molecular weight is 169 g/mol. The number of methoxy groups -OCH3 is 1. The van der Waals surface area contributed by atoms with Gasteiger partial charge < -0.3 is 19.9 Å². The van der Waals surface area contributed by atoms with Crippen LogP contribution in [0, 0.1) is 0 Å². The predicted octanol–water partition coefficient (Wildman–Crippen LogP) is -0.129. The topological polar surface area (TPSA) is 98.8 Å². The molecular formula is C3H8NO5P. The predicted molar refractivity (Wildman–Crippen MR) is 32.4 cm³/mol. The maximum absolute atomic E-state index is 10.5. The lowest BCUT2D eigenvalue weighted by atomic mass is 11.4. The van der Waals surface area contributed by atoms with Gasteiger partial charge in [-0.05, 0) is 0 Å². The Balaban J connectivity index is 3.89. The van der Waals surface area contributed by atoms with E-state index in [0.717, 1.165) is 7.11 Å². The van der Waals surface area contributed by atoms with Gasteiger partial charge in [0.2, 0.25) is 0 Å². The van der Waals surface area contributed by atoms with Crippen molar-refractivity contribution in [1.29, 1.82) is 0 Å². The molecular weight excluding hydrogens is 161 g/mol. The van der Waals surface area contributed by atoms with Gasteiger partial charge in [0.05, 0.1) is 7.11 Å². The van der Waals surface area contributed by atoms with E-state index in [9.17, 15) is 9.36 Å². The zero-order chi connectivity index (χ0) is 8.20. The van der Waals surface area contributed by atoms with E-state index in [1.807, 2.05) is 0 Å². The number of ether oxygens (including phenoxy) is 1. The van der Waals surface area contributed by atoms with E-state index in [1.165, 1.54) is 0 Å². The molecule has 3 N–H and O–H groups in total. The van der Waals surface area contributed by atoms with Gasteiger partial charge in [0.25, 0.3) is 0 Å². The molecule has 0 aromatic carbocycles. The van der Waals surface area contributed by atoms with Gasteiger partial charge in [-0.2, -0.15) is 0 Å². The van der Waals surface area contributed by atoms with Gasteiger partial charge in [0.15, 0.2) is 0 Å². The van der Waals surface area contributed by atoms with Crippen LogP contribution in [0.5, 0.6) is 0 Å². The first-order valence-electron chi connectivity index (χ1n) is 2.31. The summed E-state index contributed by atoms with van der Waals surface area (Å²) in [7, 11) is -2.92. The third-order valence-electron chi connectivity index (χ3n) is 0.615. The Hall–Kier alpha value is -0.580. The molecule has 60 valence electrons. The van der Waals surface area contributed by atoms with Crippen LogP contribution >= 0.6 is 7.60 Å². The van der Waals surface area contributed by atoms with Crippen molar-refractivity contribution in [3.05, 3.63) is 0 Å². The van der Waals surface area contributed by atoms with Gasteiger partial charge in [-0.15, -0.1) is 0 Å². The van der Waals surface area contributed by atoms with E-state index >= 15 is 0 Å². The van der Waals surface area contributed by atoms with Crippen LogP contribution in [-0.4, -0.2) is 24.4 Å². The first kappa shape index (κ1) is 9.42. The Morgan fingerprint density at radius 1 is 1.80 bits per heavy atom. The van der Waals surface area contributed by atoms with Gasteiger partial charge in [-0.25, -0.2) is 9.36 Å². The van der Waals surface area contributed by atoms with E-state index < -0.39 is 20.0 Å². The summed E-state index contributed by atoms with van der Waals surface area (Å²) in [5.41, 5.74) is 4.76. The van der Waals surface area contributed by atoms with Gasteiger partial charge in [0, 0.05) is 0 Å². The van der Waals surface area contributed by atoms with E-state index in [0.29, 0.717) is 0 Å². The molecule has 0 aliphatic carbocycles. The Kier molecular flexibility index (Phi) is 3.35. The maximum atomic E-state index is 10.5. The van der Waals surface area contributed by atoms with Crippen molar-refractivity contribution < 1.29 is 23.5 Å². The summed E-state index contributed by atoms with van der Waals surface area (Å²) in [6, 6.07) is 0. The minimum Gasteiger partial charge on any atom is -0.437 e. The molecule has 10 heavy (non-hydrogen) atoms. The molecule has 0 saturated carbocycles. The number of hydrogen-bond donors (Lipinski definition) is 2. The molecule has 0 radical (unpaired) electrons. The second kappa shape index (κ2) is 3.55. The Labute approximate surface area is 57.5 Å². The normalized spacial score (nSPS) is 15.5.